The van der Waals surface area contributed by atoms with E-state index in [0.29, 0.717) is 39.3 Å². The molecule has 0 spiro atoms. The van der Waals surface area contributed by atoms with Gasteiger partial charge in [0.2, 0.25) is 0 Å². The van der Waals surface area contributed by atoms with E-state index in [-0.39, 0.29) is 11.1 Å². The van der Waals surface area contributed by atoms with Crippen molar-refractivity contribution in [1.82, 2.24) is 9.55 Å². The quantitative estimate of drug-likeness (QED) is 0.216. The van der Waals surface area contributed by atoms with Gasteiger partial charge in [0.15, 0.2) is 22.3 Å². The SMILES string of the molecule is CCn1c(-c2ccc(-c3ncc(C=C(C#N)C#N)s3)o2)ccc1-c1cc2sc(C=C(C#N)C#N)cc2o1. The predicted molar refractivity (Wildman–Crippen MR) is 140 cm³/mol. The fraction of sp³-hybridized carbons (Fsp3) is 0.0741. The van der Waals surface area contributed by atoms with Crippen LogP contribution in [0.3, 0.4) is 0 Å². The number of fused-ring (bicyclic) bond motifs is 1. The Labute approximate surface area is 219 Å². The van der Waals surface area contributed by atoms with Gasteiger partial charge < -0.3 is 13.4 Å². The molecule has 0 atom stereocenters. The standard InChI is InChI=1S/C27H14N6O2S2/c1-2-33-20(22-5-6-23(34-22)27-32-15-19(37-27)8-17(13-30)14-31)3-4-21(33)24-10-26-25(35-24)9-18(36-26)7-16(11-28)12-29/h3-10,15H,2H2,1H3. The molecule has 0 fully saturated rings. The molecular weight excluding hydrogens is 504 g/mol. The first kappa shape index (κ1) is 23.6. The van der Waals surface area contributed by atoms with E-state index in [2.05, 4.69) is 9.55 Å². The average molecular weight is 519 g/mol. The predicted octanol–water partition coefficient (Wildman–Crippen LogP) is 7.23. The molecule has 5 heterocycles. The molecule has 0 N–H and O–H groups in total. The van der Waals surface area contributed by atoms with E-state index < -0.39 is 0 Å². The van der Waals surface area contributed by atoms with Gasteiger partial charge in [0.25, 0.3) is 0 Å². The summed E-state index contributed by atoms with van der Waals surface area (Å²) in [5.74, 6) is 1.97. The first-order valence-electron chi connectivity index (χ1n) is 10.9. The van der Waals surface area contributed by atoms with E-state index >= 15 is 0 Å². The summed E-state index contributed by atoms with van der Waals surface area (Å²) in [4.78, 5) is 5.84. The molecule has 5 aromatic heterocycles. The van der Waals surface area contributed by atoms with Crippen LogP contribution in [0.15, 0.2) is 62.6 Å². The van der Waals surface area contributed by atoms with Crippen molar-refractivity contribution in [3.63, 3.8) is 0 Å². The third-order valence-electron chi connectivity index (χ3n) is 5.42. The number of aromatic nitrogens is 2. The smallest absolute Gasteiger partial charge is 0.163 e. The summed E-state index contributed by atoms with van der Waals surface area (Å²) in [5, 5.41) is 36.5. The molecule has 176 valence electrons. The summed E-state index contributed by atoms with van der Waals surface area (Å²) in [6, 6.07) is 18.9. The Morgan fingerprint density at radius 3 is 2.14 bits per heavy atom. The topological polar surface area (TPSA) is 139 Å². The summed E-state index contributed by atoms with van der Waals surface area (Å²) in [7, 11) is 0. The molecule has 0 saturated heterocycles. The number of furan rings is 2. The number of thiazole rings is 1. The molecule has 0 aromatic carbocycles. The number of rotatable bonds is 6. The summed E-state index contributed by atoms with van der Waals surface area (Å²) >= 11 is 2.78. The summed E-state index contributed by atoms with van der Waals surface area (Å²) < 4.78 is 15.2. The number of nitriles is 4. The monoisotopic (exact) mass is 518 g/mol. The van der Waals surface area contributed by atoms with Crippen LogP contribution in [0, 0.1) is 45.3 Å². The minimum absolute atomic E-state index is 0.0169. The van der Waals surface area contributed by atoms with Crippen molar-refractivity contribution in [3.8, 4) is 58.0 Å². The molecule has 5 rings (SSSR count). The van der Waals surface area contributed by atoms with Crippen LogP contribution in [0.2, 0.25) is 0 Å². The van der Waals surface area contributed by atoms with Gasteiger partial charge in [0.05, 0.1) is 16.1 Å². The molecule has 0 unspecified atom stereocenters. The van der Waals surface area contributed by atoms with E-state index in [1.54, 1.807) is 12.3 Å². The highest BCUT2D eigenvalue weighted by Gasteiger charge is 2.18. The van der Waals surface area contributed by atoms with Crippen LogP contribution in [-0.4, -0.2) is 9.55 Å². The molecule has 0 aliphatic heterocycles. The van der Waals surface area contributed by atoms with Crippen molar-refractivity contribution in [2.75, 3.05) is 0 Å². The maximum Gasteiger partial charge on any atom is 0.163 e. The van der Waals surface area contributed by atoms with Crippen molar-refractivity contribution in [1.29, 1.82) is 21.0 Å². The molecule has 0 aliphatic carbocycles. The Morgan fingerprint density at radius 1 is 0.838 bits per heavy atom. The van der Waals surface area contributed by atoms with Crippen molar-refractivity contribution in [3.05, 3.63) is 63.5 Å². The first-order chi connectivity index (χ1) is 18.1. The molecule has 0 bridgehead atoms. The van der Waals surface area contributed by atoms with E-state index in [1.165, 1.54) is 28.7 Å². The first-order valence-corrected chi connectivity index (χ1v) is 12.5. The van der Waals surface area contributed by atoms with Gasteiger partial charge in [-0.2, -0.15) is 21.0 Å². The third-order valence-corrected chi connectivity index (χ3v) is 7.39. The summed E-state index contributed by atoms with van der Waals surface area (Å²) in [6.07, 6.45) is 4.66. The van der Waals surface area contributed by atoms with Crippen LogP contribution < -0.4 is 0 Å². The third kappa shape index (κ3) is 4.47. The van der Waals surface area contributed by atoms with Crippen molar-refractivity contribution >= 4 is 45.1 Å². The van der Waals surface area contributed by atoms with Crippen LogP contribution >= 0.6 is 22.7 Å². The fourth-order valence-electron chi connectivity index (χ4n) is 3.81. The number of allylic oxidation sites excluding steroid dienone is 2. The zero-order chi connectivity index (χ0) is 25.9. The highest BCUT2D eigenvalue weighted by atomic mass is 32.1. The lowest BCUT2D eigenvalue weighted by Gasteiger charge is -2.08. The normalized spacial score (nSPS) is 10.3. The van der Waals surface area contributed by atoms with Crippen molar-refractivity contribution in [2.24, 2.45) is 0 Å². The molecule has 8 nitrogen and oxygen atoms in total. The van der Waals surface area contributed by atoms with E-state index in [4.69, 9.17) is 29.9 Å². The van der Waals surface area contributed by atoms with Gasteiger partial charge in [-0.25, -0.2) is 4.98 Å². The van der Waals surface area contributed by atoms with Crippen LogP contribution in [-0.2, 0) is 6.54 Å². The molecule has 37 heavy (non-hydrogen) atoms. The number of thiophene rings is 1. The van der Waals surface area contributed by atoms with Crippen LogP contribution in [0.5, 0.6) is 0 Å². The Morgan fingerprint density at radius 2 is 1.49 bits per heavy atom. The second-order valence-corrected chi connectivity index (χ2v) is 9.81. The zero-order valence-electron chi connectivity index (χ0n) is 19.2. The van der Waals surface area contributed by atoms with Gasteiger partial charge in [-0.1, -0.05) is 0 Å². The maximum absolute atomic E-state index is 8.98. The second kappa shape index (κ2) is 9.85. The molecule has 0 aliphatic rings. The van der Waals surface area contributed by atoms with Gasteiger partial charge in [0.1, 0.15) is 41.0 Å². The highest BCUT2D eigenvalue weighted by Crippen LogP contribution is 2.38. The van der Waals surface area contributed by atoms with Crippen molar-refractivity contribution < 1.29 is 8.83 Å². The van der Waals surface area contributed by atoms with Crippen LogP contribution in [0.4, 0.5) is 0 Å². The number of hydrogen-bond acceptors (Lipinski definition) is 9. The number of nitrogens with zero attached hydrogens (tertiary/aromatic N) is 6. The van der Waals surface area contributed by atoms with E-state index in [9.17, 15) is 0 Å². The second-order valence-electron chi connectivity index (χ2n) is 7.63. The molecule has 10 heteroatoms. The molecule has 5 aromatic rings. The van der Waals surface area contributed by atoms with E-state index in [1.807, 2.05) is 67.6 Å². The van der Waals surface area contributed by atoms with Gasteiger partial charge in [-0.15, -0.1) is 22.7 Å². The summed E-state index contributed by atoms with van der Waals surface area (Å²) in [5.41, 5.74) is 2.53. The van der Waals surface area contributed by atoms with Gasteiger partial charge in [0, 0.05) is 28.6 Å². The van der Waals surface area contributed by atoms with Gasteiger partial charge >= 0.3 is 0 Å². The van der Waals surface area contributed by atoms with Crippen LogP contribution in [0.25, 0.3) is 56.1 Å². The van der Waals surface area contributed by atoms with Crippen LogP contribution in [0.1, 0.15) is 16.7 Å². The lowest BCUT2D eigenvalue weighted by Crippen LogP contribution is -1.98. The average Bonchev–Trinajstić information content (AvgIpc) is 3.72. The highest BCUT2D eigenvalue weighted by molar-refractivity contribution is 7.19. The fourth-order valence-corrected chi connectivity index (χ4v) is 5.60. The van der Waals surface area contributed by atoms with Crippen molar-refractivity contribution in [2.45, 2.75) is 13.5 Å². The lowest BCUT2D eigenvalue weighted by atomic mass is 10.3. The summed E-state index contributed by atoms with van der Waals surface area (Å²) in [6.45, 7) is 2.72. The Balaban J connectivity index is 1.44. The molecular formula is C27H14N6O2S2. The Hall–Kier alpha value is -5.13. The largest absolute Gasteiger partial charge is 0.454 e. The molecule has 0 saturated carbocycles. The maximum atomic E-state index is 8.98. The minimum Gasteiger partial charge on any atom is -0.454 e. The Bertz CT molecular complexity index is 1810. The van der Waals surface area contributed by atoms with Gasteiger partial charge in [-0.3, -0.25) is 0 Å². The molecule has 0 radical (unpaired) electrons. The van der Waals surface area contributed by atoms with Gasteiger partial charge in [-0.05, 0) is 49.4 Å². The zero-order valence-corrected chi connectivity index (χ0v) is 20.9. The molecule has 0 amide bonds. The number of hydrogen-bond donors (Lipinski definition) is 0. The lowest BCUT2D eigenvalue weighted by molar-refractivity contribution is 0.585. The minimum atomic E-state index is 0.0169. The van der Waals surface area contributed by atoms with E-state index in [0.717, 1.165) is 21.0 Å². The Kier molecular flexibility index (Phi) is 6.29.